The van der Waals surface area contributed by atoms with Crippen molar-refractivity contribution in [2.75, 3.05) is 31.6 Å². The molecule has 0 aliphatic rings. The molecule has 0 bridgehead atoms. The Hall–Kier alpha value is -2.86. The molecule has 138 valence electrons. The number of amides is 2. The van der Waals surface area contributed by atoms with Crippen LogP contribution >= 0.6 is 0 Å². The molecule has 0 saturated carbocycles. The molecule has 6 nitrogen and oxygen atoms in total. The highest BCUT2D eigenvalue weighted by Crippen LogP contribution is 2.22. The number of hydrogen-bond donors (Lipinski definition) is 1. The first-order valence-electron chi connectivity index (χ1n) is 8.60. The zero-order valence-electron chi connectivity index (χ0n) is 15.1. The highest BCUT2D eigenvalue weighted by molar-refractivity contribution is 5.91. The largest absolute Gasteiger partial charge is 0.457 e. The molecule has 1 N–H and O–H groups in total. The van der Waals surface area contributed by atoms with E-state index in [0.717, 1.165) is 5.75 Å². The Balaban J connectivity index is 1.76. The summed E-state index contributed by atoms with van der Waals surface area (Å²) in [6, 6.07) is 16.5. The van der Waals surface area contributed by atoms with Crippen LogP contribution in [0.25, 0.3) is 0 Å². The van der Waals surface area contributed by atoms with Crippen LogP contribution in [-0.4, -0.2) is 43.0 Å². The van der Waals surface area contributed by atoms with E-state index in [-0.39, 0.29) is 25.0 Å². The fourth-order valence-electron chi connectivity index (χ4n) is 2.33. The minimum absolute atomic E-state index is 0.0983. The Morgan fingerprint density at radius 2 is 1.50 bits per heavy atom. The maximum atomic E-state index is 11.9. The van der Waals surface area contributed by atoms with Gasteiger partial charge in [-0.25, -0.2) is 0 Å². The molecule has 2 aromatic carbocycles. The van der Waals surface area contributed by atoms with Crippen LogP contribution in [0.4, 0.5) is 5.69 Å². The molecule has 0 heterocycles. The van der Waals surface area contributed by atoms with Gasteiger partial charge in [-0.05, 0) is 50.2 Å². The average molecular weight is 356 g/mol. The first kappa shape index (κ1) is 19.5. The molecule has 26 heavy (non-hydrogen) atoms. The lowest BCUT2D eigenvalue weighted by Gasteiger charge is -2.18. The molecule has 0 atom stereocenters. The number of nitrogens with one attached hydrogen (secondary N) is 1. The standard InChI is InChI=1S/C20H24N2O4/c1-3-22(4-2)20(24)15-25-14-19(23)21-16-10-12-18(13-11-16)26-17-8-6-5-7-9-17/h5-13H,3-4,14-15H2,1-2H3,(H,21,23). The molecular weight excluding hydrogens is 332 g/mol. The smallest absolute Gasteiger partial charge is 0.250 e. The lowest BCUT2D eigenvalue weighted by molar-refractivity contribution is -0.137. The van der Waals surface area contributed by atoms with Gasteiger partial charge in [0, 0.05) is 18.8 Å². The van der Waals surface area contributed by atoms with Gasteiger partial charge in [-0.2, -0.15) is 0 Å². The summed E-state index contributed by atoms with van der Waals surface area (Å²) in [5.74, 6) is 0.991. The van der Waals surface area contributed by atoms with Crippen LogP contribution in [0.15, 0.2) is 54.6 Å². The minimum Gasteiger partial charge on any atom is -0.457 e. The fraction of sp³-hybridized carbons (Fsp3) is 0.300. The van der Waals surface area contributed by atoms with Crippen molar-refractivity contribution in [2.24, 2.45) is 0 Å². The first-order valence-corrected chi connectivity index (χ1v) is 8.60. The second-order valence-corrected chi connectivity index (χ2v) is 5.55. The van der Waals surface area contributed by atoms with Crippen molar-refractivity contribution in [2.45, 2.75) is 13.8 Å². The first-order chi connectivity index (χ1) is 12.6. The normalized spacial score (nSPS) is 10.2. The van der Waals surface area contributed by atoms with Gasteiger partial charge in [-0.3, -0.25) is 9.59 Å². The number of carbonyl (C=O) groups is 2. The van der Waals surface area contributed by atoms with Crippen LogP contribution < -0.4 is 10.1 Å². The molecule has 0 fully saturated rings. The van der Waals surface area contributed by atoms with Crippen LogP contribution in [0.1, 0.15) is 13.8 Å². The molecule has 0 radical (unpaired) electrons. The summed E-state index contributed by atoms with van der Waals surface area (Å²) >= 11 is 0. The molecule has 0 aliphatic carbocycles. The number of benzene rings is 2. The van der Waals surface area contributed by atoms with E-state index in [0.29, 0.717) is 24.5 Å². The van der Waals surface area contributed by atoms with Crippen LogP contribution in [-0.2, 0) is 14.3 Å². The van der Waals surface area contributed by atoms with Crippen molar-refractivity contribution in [3.8, 4) is 11.5 Å². The summed E-state index contributed by atoms with van der Waals surface area (Å²) in [7, 11) is 0. The second kappa shape index (κ2) is 10.2. The van der Waals surface area contributed by atoms with Crippen LogP contribution in [0.3, 0.4) is 0 Å². The quantitative estimate of drug-likeness (QED) is 0.748. The number of nitrogens with zero attached hydrogens (tertiary/aromatic N) is 1. The Labute approximate surface area is 153 Å². The van der Waals surface area contributed by atoms with Crippen LogP contribution in [0.5, 0.6) is 11.5 Å². The summed E-state index contributed by atoms with van der Waals surface area (Å²) in [6.07, 6.45) is 0. The monoisotopic (exact) mass is 356 g/mol. The van der Waals surface area contributed by atoms with E-state index in [9.17, 15) is 9.59 Å². The molecule has 2 rings (SSSR count). The van der Waals surface area contributed by atoms with Gasteiger partial charge in [0.25, 0.3) is 0 Å². The summed E-state index contributed by atoms with van der Waals surface area (Å²) in [6.45, 7) is 4.79. The SMILES string of the molecule is CCN(CC)C(=O)COCC(=O)Nc1ccc(Oc2ccccc2)cc1. The highest BCUT2D eigenvalue weighted by Gasteiger charge is 2.10. The van der Waals surface area contributed by atoms with E-state index < -0.39 is 0 Å². The molecular formula is C20H24N2O4. The van der Waals surface area contributed by atoms with Crippen LogP contribution in [0.2, 0.25) is 0 Å². The number of carbonyl (C=O) groups excluding carboxylic acids is 2. The van der Waals surface area contributed by atoms with E-state index in [4.69, 9.17) is 9.47 Å². The van der Waals surface area contributed by atoms with Crippen molar-refractivity contribution in [1.82, 2.24) is 4.90 Å². The van der Waals surface area contributed by atoms with E-state index in [1.165, 1.54) is 0 Å². The Morgan fingerprint density at radius 3 is 2.12 bits per heavy atom. The molecule has 0 aromatic heterocycles. The van der Waals surface area contributed by atoms with E-state index >= 15 is 0 Å². The maximum absolute atomic E-state index is 11.9. The molecule has 2 amide bonds. The number of ether oxygens (including phenoxy) is 2. The number of para-hydroxylation sites is 1. The van der Waals surface area contributed by atoms with Crippen molar-refractivity contribution >= 4 is 17.5 Å². The second-order valence-electron chi connectivity index (χ2n) is 5.55. The molecule has 2 aromatic rings. The zero-order valence-corrected chi connectivity index (χ0v) is 15.1. The van der Waals surface area contributed by atoms with Gasteiger partial charge in [0.1, 0.15) is 24.7 Å². The van der Waals surface area contributed by atoms with Crippen molar-refractivity contribution < 1.29 is 19.1 Å². The summed E-state index contributed by atoms with van der Waals surface area (Å²) in [5, 5.41) is 2.72. The average Bonchev–Trinajstić information content (AvgIpc) is 2.65. The Bertz CT molecular complexity index is 698. The van der Waals surface area contributed by atoms with E-state index in [2.05, 4.69) is 5.32 Å². The molecule has 6 heteroatoms. The van der Waals surface area contributed by atoms with E-state index in [1.54, 1.807) is 29.2 Å². The molecule has 0 spiro atoms. The minimum atomic E-state index is -0.311. The lowest BCUT2D eigenvalue weighted by Crippen LogP contribution is -2.34. The number of anilines is 1. The summed E-state index contributed by atoms with van der Waals surface area (Å²) in [5.41, 5.74) is 0.633. The predicted octanol–water partition coefficient (Wildman–Crippen LogP) is 3.30. The predicted molar refractivity (Wildman–Crippen MR) is 100 cm³/mol. The van der Waals surface area contributed by atoms with Crippen molar-refractivity contribution in [3.63, 3.8) is 0 Å². The van der Waals surface area contributed by atoms with Gasteiger partial charge < -0.3 is 19.7 Å². The Kier molecular flexibility index (Phi) is 7.64. The van der Waals surface area contributed by atoms with Gasteiger partial charge >= 0.3 is 0 Å². The molecule has 0 aliphatic heterocycles. The van der Waals surface area contributed by atoms with Gasteiger partial charge in [0.15, 0.2) is 0 Å². The third kappa shape index (κ3) is 6.22. The van der Waals surface area contributed by atoms with Gasteiger partial charge in [0.2, 0.25) is 11.8 Å². The molecule has 0 saturated heterocycles. The Morgan fingerprint density at radius 1 is 0.885 bits per heavy atom. The number of hydrogen-bond acceptors (Lipinski definition) is 4. The third-order valence-corrected chi connectivity index (χ3v) is 3.69. The van der Waals surface area contributed by atoms with Crippen molar-refractivity contribution in [3.05, 3.63) is 54.6 Å². The van der Waals surface area contributed by atoms with Crippen molar-refractivity contribution in [1.29, 1.82) is 0 Å². The lowest BCUT2D eigenvalue weighted by atomic mass is 10.3. The van der Waals surface area contributed by atoms with Gasteiger partial charge in [0.05, 0.1) is 0 Å². The number of rotatable bonds is 9. The zero-order chi connectivity index (χ0) is 18.8. The summed E-state index contributed by atoms with van der Waals surface area (Å²) in [4.78, 5) is 25.3. The topological polar surface area (TPSA) is 67.9 Å². The fourth-order valence-corrected chi connectivity index (χ4v) is 2.33. The maximum Gasteiger partial charge on any atom is 0.250 e. The van der Waals surface area contributed by atoms with Gasteiger partial charge in [-0.1, -0.05) is 18.2 Å². The van der Waals surface area contributed by atoms with Gasteiger partial charge in [-0.15, -0.1) is 0 Å². The van der Waals surface area contributed by atoms with E-state index in [1.807, 2.05) is 44.2 Å². The number of likely N-dealkylation sites (N-methyl/N-ethyl adjacent to an activating group) is 1. The van der Waals surface area contributed by atoms with Crippen LogP contribution in [0, 0.1) is 0 Å². The highest BCUT2D eigenvalue weighted by atomic mass is 16.5. The summed E-state index contributed by atoms with van der Waals surface area (Å²) < 4.78 is 10.9. The molecule has 0 unspecified atom stereocenters. The third-order valence-electron chi connectivity index (χ3n) is 3.69.